The lowest BCUT2D eigenvalue weighted by Gasteiger charge is -2.25. The summed E-state index contributed by atoms with van der Waals surface area (Å²) < 4.78 is 54.8. The van der Waals surface area contributed by atoms with Crippen molar-refractivity contribution in [3.05, 3.63) is 63.3 Å². The molecule has 0 spiro atoms. The molecule has 1 saturated heterocycles. The molecule has 3 aromatic heterocycles. The maximum Gasteiger partial charge on any atom is 0.417 e. The average Bonchev–Trinajstić information content (AvgIpc) is 3.25. The Hall–Kier alpha value is -4.17. The molecule has 0 saturated carbocycles. The van der Waals surface area contributed by atoms with Gasteiger partial charge in [-0.3, -0.25) is 9.79 Å². The summed E-state index contributed by atoms with van der Waals surface area (Å²) in [6, 6.07) is 0.332. The molecule has 0 aromatic carbocycles. The van der Waals surface area contributed by atoms with Crippen LogP contribution in [0, 0.1) is 5.41 Å². The number of hydrogen-bond acceptors (Lipinski definition) is 9. The number of pyridine rings is 2. The van der Waals surface area contributed by atoms with E-state index in [1.807, 2.05) is 0 Å². The maximum absolute atomic E-state index is 13.7. The second kappa shape index (κ2) is 10.5. The van der Waals surface area contributed by atoms with Crippen molar-refractivity contribution in [2.75, 3.05) is 18.5 Å². The van der Waals surface area contributed by atoms with E-state index < -0.39 is 23.3 Å². The number of rotatable bonds is 6. The Morgan fingerprint density at radius 3 is 2.79 bits per heavy atom. The number of anilines is 2. The summed E-state index contributed by atoms with van der Waals surface area (Å²) in [7, 11) is 1.57. The molecule has 204 valence electrons. The van der Waals surface area contributed by atoms with E-state index in [0.717, 1.165) is 23.0 Å². The molecule has 0 radical (unpaired) electrons. The predicted octanol–water partition coefficient (Wildman–Crippen LogP) is 4.28. The first-order valence-electron chi connectivity index (χ1n) is 11.7. The first-order chi connectivity index (χ1) is 18.7. The zero-order chi connectivity index (χ0) is 27.7. The van der Waals surface area contributed by atoms with Crippen LogP contribution in [0.4, 0.5) is 24.8 Å². The lowest BCUT2D eigenvalue weighted by atomic mass is 10.1. The lowest BCUT2D eigenvalue weighted by Crippen LogP contribution is -2.31. The van der Waals surface area contributed by atoms with Gasteiger partial charge in [0.15, 0.2) is 17.2 Å². The molecule has 2 aliphatic rings. The fraction of sp³-hybridized carbons (Fsp3) is 0.292. The van der Waals surface area contributed by atoms with Gasteiger partial charge in [-0.2, -0.15) is 18.2 Å². The number of halogens is 4. The van der Waals surface area contributed by atoms with Crippen molar-refractivity contribution in [3.8, 4) is 5.75 Å². The Kier molecular flexibility index (Phi) is 7.14. The summed E-state index contributed by atoms with van der Waals surface area (Å²) in [5.74, 6) is 0.267. The first-order valence-corrected chi connectivity index (χ1v) is 12.1. The van der Waals surface area contributed by atoms with Crippen molar-refractivity contribution in [2.24, 2.45) is 12.0 Å². The van der Waals surface area contributed by atoms with E-state index in [1.165, 1.54) is 23.2 Å². The van der Waals surface area contributed by atoms with Crippen LogP contribution < -0.4 is 20.9 Å². The van der Waals surface area contributed by atoms with Gasteiger partial charge in [-0.25, -0.2) is 4.98 Å². The van der Waals surface area contributed by atoms with E-state index in [-0.39, 0.29) is 33.8 Å². The molecule has 39 heavy (non-hydrogen) atoms. The second-order valence-corrected chi connectivity index (χ2v) is 9.06. The van der Waals surface area contributed by atoms with Crippen LogP contribution in [0.3, 0.4) is 0 Å². The molecule has 3 N–H and O–H groups in total. The largest absolute Gasteiger partial charge is 0.450 e. The zero-order valence-electron chi connectivity index (χ0n) is 20.4. The van der Waals surface area contributed by atoms with Crippen molar-refractivity contribution < 1.29 is 22.6 Å². The molecule has 11 nitrogen and oxygen atoms in total. The van der Waals surface area contributed by atoms with E-state index in [2.05, 4.69) is 25.6 Å². The maximum atomic E-state index is 13.7. The summed E-state index contributed by atoms with van der Waals surface area (Å²) in [4.78, 5) is 25.8. The van der Waals surface area contributed by atoms with E-state index in [4.69, 9.17) is 26.5 Å². The first kappa shape index (κ1) is 26.4. The second-order valence-electron chi connectivity index (χ2n) is 8.69. The molecule has 2 aliphatic heterocycles. The Balaban J connectivity index is 1.53. The number of alkyl halides is 3. The van der Waals surface area contributed by atoms with Crippen LogP contribution in [-0.2, 0) is 18.0 Å². The van der Waals surface area contributed by atoms with Gasteiger partial charge in [0.05, 0.1) is 24.2 Å². The average molecular weight is 563 g/mol. The van der Waals surface area contributed by atoms with Gasteiger partial charge in [0, 0.05) is 44.9 Å². The van der Waals surface area contributed by atoms with Gasteiger partial charge in [-0.1, -0.05) is 11.6 Å². The van der Waals surface area contributed by atoms with E-state index in [0.29, 0.717) is 37.3 Å². The highest BCUT2D eigenvalue weighted by Crippen LogP contribution is 2.35. The van der Waals surface area contributed by atoms with Crippen LogP contribution >= 0.6 is 11.6 Å². The smallest absolute Gasteiger partial charge is 0.417 e. The van der Waals surface area contributed by atoms with Crippen molar-refractivity contribution in [2.45, 2.75) is 25.1 Å². The van der Waals surface area contributed by atoms with Gasteiger partial charge < -0.3 is 34.7 Å². The van der Waals surface area contributed by atoms with Gasteiger partial charge in [0.2, 0.25) is 5.95 Å². The van der Waals surface area contributed by atoms with Crippen molar-refractivity contribution >= 4 is 46.8 Å². The molecule has 3 aromatic rings. The van der Waals surface area contributed by atoms with Gasteiger partial charge in [0.25, 0.3) is 5.56 Å². The van der Waals surface area contributed by atoms with E-state index >= 15 is 0 Å². The van der Waals surface area contributed by atoms with Crippen LogP contribution in [0.25, 0.3) is 11.2 Å². The summed E-state index contributed by atoms with van der Waals surface area (Å²) in [6.07, 6.45) is 3.85. The van der Waals surface area contributed by atoms with Gasteiger partial charge >= 0.3 is 6.18 Å². The quantitative estimate of drug-likeness (QED) is 0.302. The highest BCUT2D eigenvalue weighted by molar-refractivity contribution is 6.36. The van der Waals surface area contributed by atoms with Gasteiger partial charge in [0.1, 0.15) is 21.9 Å². The number of nitrogens with one attached hydrogen (secondary N) is 3. The molecule has 0 unspecified atom stereocenters. The third-order valence-electron chi connectivity index (χ3n) is 6.23. The highest BCUT2D eigenvalue weighted by Gasteiger charge is 2.33. The minimum absolute atomic E-state index is 0.0448. The van der Waals surface area contributed by atoms with Crippen molar-refractivity contribution in [1.82, 2.24) is 24.4 Å². The molecule has 0 bridgehead atoms. The van der Waals surface area contributed by atoms with Crippen LogP contribution in [0.5, 0.6) is 5.75 Å². The molecule has 5 heterocycles. The number of hydrogen-bond donors (Lipinski definition) is 3. The Labute approximate surface area is 224 Å². The van der Waals surface area contributed by atoms with Crippen LogP contribution in [0.15, 0.2) is 52.1 Å². The molecule has 0 amide bonds. The van der Waals surface area contributed by atoms with Gasteiger partial charge in [-0.05, 0) is 18.9 Å². The lowest BCUT2D eigenvalue weighted by molar-refractivity contribution is -0.138. The van der Waals surface area contributed by atoms with Crippen LogP contribution in [-0.4, -0.2) is 44.7 Å². The number of nitrogens with zero attached hydrogens (tertiary/aromatic N) is 5. The molecule has 0 aliphatic carbocycles. The fourth-order valence-corrected chi connectivity index (χ4v) is 4.54. The number of aliphatic imine (C=N–C) groups is 1. The third-order valence-corrected chi connectivity index (χ3v) is 6.59. The van der Waals surface area contributed by atoms with E-state index in [9.17, 15) is 18.0 Å². The molecule has 5 rings (SSSR count). The Morgan fingerprint density at radius 2 is 2.13 bits per heavy atom. The Morgan fingerprint density at radius 1 is 1.36 bits per heavy atom. The van der Waals surface area contributed by atoms with Crippen molar-refractivity contribution in [3.63, 3.8) is 0 Å². The summed E-state index contributed by atoms with van der Waals surface area (Å²) >= 11 is 6.60. The Bertz CT molecular complexity index is 1590. The standard InChI is InChI=1S/C24H22ClF3N8O3/c1-35-20-19(25)18(39-17(9-29)16-10-30-4-5-31-16)11-32-21(20)34-23(35)33-15-8-13(24(26,27)28)12-36(22(15)37)14-2-6-38-7-3-14/h4-5,8-12,14,29,31H,2-3,6-7H2,1H3,(H,32,33,34)/b17-16+,29-9?. The van der Waals surface area contributed by atoms with Crippen LogP contribution in [0.2, 0.25) is 5.02 Å². The number of allylic oxidation sites excluding steroid dienone is 2. The molecular weight excluding hydrogens is 541 g/mol. The SMILES string of the molecule is Cn1c(Nc2cc(C(F)(F)F)cn(C3CCOCC3)c2=O)nc2ncc(O/C(C=N)=C3\C=NC=CN3)c(Cl)c21. The number of imidazole rings is 1. The normalized spacial score (nSPS) is 17.3. The van der Waals surface area contributed by atoms with Crippen LogP contribution in [0.1, 0.15) is 24.4 Å². The summed E-state index contributed by atoms with van der Waals surface area (Å²) in [5.41, 5.74) is -1.01. The molecule has 0 atom stereocenters. The summed E-state index contributed by atoms with van der Waals surface area (Å²) in [6.45, 7) is 0.705. The van der Waals surface area contributed by atoms with Crippen molar-refractivity contribution in [1.29, 1.82) is 5.41 Å². The topological polar surface area (TPSA) is 131 Å². The number of fused-ring (bicyclic) bond motifs is 1. The molecule has 15 heteroatoms. The zero-order valence-corrected chi connectivity index (χ0v) is 21.2. The highest BCUT2D eigenvalue weighted by atomic mass is 35.5. The monoisotopic (exact) mass is 562 g/mol. The number of aryl methyl sites for hydroxylation is 1. The van der Waals surface area contributed by atoms with E-state index in [1.54, 1.807) is 13.2 Å². The number of ether oxygens (including phenoxy) is 2. The molecule has 1 fully saturated rings. The summed E-state index contributed by atoms with van der Waals surface area (Å²) in [5, 5.41) is 13.4. The minimum atomic E-state index is -4.67. The van der Waals surface area contributed by atoms with Gasteiger partial charge in [-0.15, -0.1) is 0 Å². The minimum Gasteiger partial charge on any atom is -0.450 e. The predicted molar refractivity (Wildman–Crippen MR) is 139 cm³/mol. The fourth-order valence-electron chi connectivity index (χ4n) is 4.24. The third kappa shape index (κ3) is 5.25. The molecular formula is C24H22ClF3N8O3. The number of aromatic nitrogens is 4.